The summed E-state index contributed by atoms with van der Waals surface area (Å²) >= 11 is 0. The van der Waals surface area contributed by atoms with E-state index in [4.69, 9.17) is 5.73 Å². The van der Waals surface area contributed by atoms with Crippen LogP contribution in [-0.2, 0) is 6.42 Å². The quantitative estimate of drug-likeness (QED) is 0.485. The number of aryl methyl sites for hydroxylation is 1. The van der Waals surface area contributed by atoms with E-state index < -0.39 is 6.03 Å². The minimum Gasteiger partial charge on any atom is -0.372 e. The number of halogens is 1. The number of aromatic amines is 1. The Balaban J connectivity index is 1.51. The number of aromatic nitrogens is 1. The molecule has 5 nitrogen and oxygen atoms in total. The Kier molecular flexibility index (Phi) is 5.44. The third-order valence-corrected chi connectivity index (χ3v) is 6.94. The summed E-state index contributed by atoms with van der Waals surface area (Å²) in [6.45, 7) is 6.15. The first-order valence-corrected chi connectivity index (χ1v) is 11.6. The van der Waals surface area contributed by atoms with E-state index in [1.165, 1.54) is 5.57 Å². The smallest absolute Gasteiger partial charge is 0.312 e. The number of urea groups is 1. The maximum Gasteiger partial charge on any atom is 0.312 e. The number of H-pyrrole nitrogens is 1. The number of hydrogen-bond acceptors (Lipinski definition) is 2. The molecule has 2 aliphatic rings. The number of benzene rings is 2. The first kappa shape index (κ1) is 21.3. The SMILES string of the molecule is CCN(CC)c1ccc(-c2ccc3c4c([nH]c3c2F)C2=C(CC4)CC(NC(N)=O)C=C2)cc1. The predicted molar refractivity (Wildman–Crippen MR) is 133 cm³/mol. The molecule has 4 N–H and O–H groups in total. The van der Waals surface area contributed by atoms with Gasteiger partial charge in [0.05, 0.1) is 11.6 Å². The average molecular weight is 445 g/mol. The molecular weight excluding hydrogens is 415 g/mol. The highest BCUT2D eigenvalue weighted by Crippen LogP contribution is 2.41. The van der Waals surface area contributed by atoms with Gasteiger partial charge in [0.1, 0.15) is 0 Å². The lowest BCUT2D eigenvalue weighted by Crippen LogP contribution is -2.38. The van der Waals surface area contributed by atoms with Crippen LogP contribution in [0.2, 0.25) is 0 Å². The van der Waals surface area contributed by atoms with Gasteiger partial charge in [0.25, 0.3) is 0 Å². The number of carbonyl (C=O) groups excluding carboxylic acids is 1. The number of primary amides is 1. The van der Waals surface area contributed by atoms with Crippen molar-refractivity contribution in [2.24, 2.45) is 5.73 Å². The molecule has 2 aliphatic carbocycles. The van der Waals surface area contributed by atoms with Crippen molar-refractivity contribution in [3.8, 4) is 11.1 Å². The van der Waals surface area contributed by atoms with E-state index in [0.29, 0.717) is 11.1 Å². The van der Waals surface area contributed by atoms with E-state index in [-0.39, 0.29) is 11.9 Å². The van der Waals surface area contributed by atoms with Crippen molar-refractivity contribution < 1.29 is 9.18 Å². The van der Waals surface area contributed by atoms with Crippen molar-refractivity contribution in [3.63, 3.8) is 0 Å². The van der Waals surface area contributed by atoms with Crippen LogP contribution in [0.1, 0.15) is 37.9 Å². The molecule has 1 heterocycles. The van der Waals surface area contributed by atoms with Crippen LogP contribution in [0, 0.1) is 5.82 Å². The number of anilines is 1. The lowest BCUT2D eigenvalue weighted by Gasteiger charge is -2.26. The summed E-state index contributed by atoms with van der Waals surface area (Å²) in [4.78, 5) is 16.9. The van der Waals surface area contributed by atoms with Crippen LogP contribution in [0.4, 0.5) is 14.9 Å². The summed E-state index contributed by atoms with van der Waals surface area (Å²) < 4.78 is 15.7. The molecule has 0 radical (unpaired) electrons. The van der Waals surface area contributed by atoms with E-state index in [0.717, 1.165) is 65.8 Å². The van der Waals surface area contributed by atoms with Crippen molar-refractivity contribution in [1.82, 2.24) is 10.3 Å². The number of amides is 2. The van der Waals surface area contributed by atoms with E-state index in [1.807, 2.05) is 36.4 Å². The van der Waals surface area contributed by atoms with Gasteiger partial charge in [-0.2, -0.15) is 0 Å². The molecule has 0 saturated heterocycles. The van der Waals surface area contributed by atoms with Gasteiger partial charge in [-0.1, -0.05) is 42.0 Å². The summed E-state index contributed by atoms with van der Waals surface area (Å²) in [6, 6.07) is 11.4. The van der Waals surface area contributed by atoms with Crippen molar-refractivity contribution in [1.29, 1.82) is 0 Å². The molecule has 2 aromatic carbocycles. The highest BCUT2D eigenvalue weighted by atomic mass is 19.1. The Labute approximate surface area is 193 Å². The second-order valence-electron chi connectivity index (χ2n) is 8.74. The Morgan fingerprint density at radius 2 is 1.91 bits per heavy atom. The van der Waals surface area contributed by atoms with Crippen LogP contribution >= 0.6 is 0 Å². The van der Waals surface area contributed by atoms with Gasteiger partial charge in [0.2, 0.25) is 0 Å². The summed E-state index contributed by atoms with van der Waals surface area (Å²) in [6.07, 6.45) is 6.46. The van der Waals surface area contributed by atoms with Gasteiger partial charge in [-0.3, -0.25) is 0 Å². The number of allylic oxidation sites excluding steroid dienone is 2. The topological polar surface area (TPSA) is 74.2 Å². The van der Waals surface area contributed by atoms with Gasteiger partial charge in [-0.15, -0.1) is 0 Å². The van der Waals surface area contributed by atoms with Gasteiger partial charge in [0, 0.05) is 35.4 Å². The van der Waals surface area contributed by atoms with Gasteiger partial charge in [-0.05, 0) is 61.9 Å². The first-order valence-electron chi connectivity index (χ1n) is 11.6. The molecule has 0 fully saturated rings. The molecule has 1 atom stereocenters. The molecule has 6 heteroatoms. The Hall–Kier alpha value is -3.54. The second kappa shape index (κ2) is 8.43. The predicted octanol–water partition coefficient (Wildman–Crippen LogP) is 5.52. The molecule has 1 aromatic heterocycles. The van der Waals surface area contributed by atoms with Crippen molar-refractivity contribution in [2.75, 3.05) is 18.0 Å². The highest BCUT2D eigenvalue weighted by Gasteiger charge is 2.27. The zero-order valence-corrected chi connectivity index (χ0v) is 19.0. The molecule has 2 amide bonds. The molecule has 33 heavy (non-hydrogen) atoms. The van der Waals surface area contributed by atoms with E-state index in [9.17, 15) is 4.79 Å². The average Bonchev–Trinajstić information content (AvgIpc) is 3.20. The fourth-order valence-electron chi connectivity index (χ4n) is 5.27. The van der Waals surface area contributed by atoms with Crippen LogP contribution in [0.3, 0.4) is 0 Å². The first-order chi connectivity index (χ1) is 16.0. The lowest BCUT2D eigenvalue weighted by molar-refractivity contribution is 0.247. The maximum absolute atomic E-state index is 15.7. The van der Waals surface area contributed by atoms with Crippen molar-refractivity contribution in [3.05, 3.63) is 71.2 Å². The van der Waals surface area contributed by atoms with Gasteiger partial charge in [0.15, 0.2) is 5.82 Å². The molecule has 1 unspecified atom stereocenters. The summed E-state index contributed by atoms with van der Waals surface area (Å²) in [5.74, 6) is -0.215. The molecule has 0 saturated carbocycles. The molecule has 5 rings (SSSR count). The summed E-state index contributed by atoms with van der Waals surface area (Å²) in [7, 11) is 0. The Morgan fingerprint density at radius 1 is 1.15 bits per heavy atom. The van der Waals surface area contributed by atoms with Crippen LogP contribution in [0.5, 0.6) is 0 Å². The third kappa shape index (κ3) is 3.69. The molecule has 0 bridgehead atoms. The van der Waals surface area contributed by atoms with Crippen LogP contribution in [-0.4, -0.2) is 30.1 Å². The van der Waals surface area contributed by atoms with Gasteiger partial charge >= 0.3 is 6.03 Å². The zero-order chi connectivity index (χ0) is 23.1. The largest absolute Gasteiger partial charge is 0.372 e. The Bertz CT molecular complexity index is 1280. The van der Waals surface area contributed by atoms with E-state index in [2.05, 4.69) is 41.2 Å². The van der Waals surface area contributed by atoms with Crippen LogP contribution < -0.4 is 16.0 Å². The number of rotatable bonds is 5. The van der Waals surface area contributed by atoms with E-state index in [1.54, 1.807) is 0 Å². The van der Waals surface area contributed by atoms with Crippen LogP contribution in [0.25, 0.3) is 27.6 Å². The minimum absolute atomic E-state index is 0.0881. The van der Waals surface area contributed by atoms with Crippen LogP contribution in [0.15, 0.2) is 54.1 Å². The molecular formula is C27H29FN4O. The zero-order valence-electron chi connectivity index (χ0n) is 19.0. The van der Waals surface area contributed by atoms with Crippen molar-refractivity contribution >= 4 is 28.2 Å². The second-order valence-corrected chi connectivity index (χ2v) is 8.74. The van der Waals surface area contributed by atoms with Gasteiger partial charge < -0.3 is 20.9 Å². The monoisotopic (exact) mass is 444 g/mol. The number of fused-ring (bicyclic) bond motifs is 4. The Morgan fingerprint density at radius 3 is 2.61 bits per heavy atom. The number of carbonyl (C=O) groups is 1. The fourth-order valence-corrected chi connectivity index (χ4v) is 5.27. The fraction of sp³-hybridized carbons (Fsp3) is 0.296. The minimum atomic E-state index is -0.518. The van der Waals surface area contributed by atoms with Crippen molar-refractivity contribution in [2.45, 2.75) is 39.2 Å². The number of nitrogens with zero attached hydrogens (tertiary/aromatic N) is 1. The lowest BCUT2D eigenvalue weighted by atomic mass is 9.82. The standard InChI is InChI=1S/C27H29FN4O/c1-3-32(4-2)19-9-5-16(6-10-19)20-13-14-23-22-11-7-17-15-18(30-27(29)33)8-12-21(17)25(22)31-26(23)24(20)28/h5-6,8-10,12-14,18,31H,3-4,7,11,15H2,1-2H3,(H3,29,30,33). The van der Waals surface area contributed by atoms with E-state index >= 15 is 4.39 Å². The third-order valence-electron chi connectivity index (χ3n) is 6.94. The number of nitrogens with one attached hydrogen (secondary N) is 2. The molecule has 3 aromatic rings. The normalized spacial score (nSPS) is 17.1. The molecule has 0 aliphatic heterocycles. The number of nitrogens with two attached hydrogens (primary N) is 1. The summed E-state index contributed by atoms with van der Waals surface area (Å²) in [5, 5.41) is 3.71. The van der Waals surface area contributed by atoms with Gasteiger partial charge in [-0.25, -0.2) is 9.18 Å². The maximum atomic E-state index is 15.7. The molecule has 0 spiro atoms. The molecule has 170 valence electrons. The highest BCUT2D eigenvalue weighted by molar-refractivity contribution is 5.95. The summed E-state index contributed by atoms with van der Waals surface area (Å²) in [5.41, 5.74) is 13.0. The number of hydrogen-bond donors (Lipinski definition) is 3.